The second-order valence-corrected chi connectivity index (χ2v) is 5.44. The zero-order valence-corrected chi connectivity index (χ0v) is 11.4. The van der Waals surface area contributed by atoms with E-state index in [1.165, 1.54) is 6.07 Å². The van der Waals surface area contributed by atoms with Crippen LogP contribution in [0.25, 0.3) is 10.9 Å². The highest BCUT2D eigenvalue weighted by Gasteiger charge is 2.24. The van der Waals surface area contributed by atoms with Gasteiger partial charge in [-0.25, -0.2) is 4.39 Å². The molecule has 0 saturated carbocycles. The fourth-order valence-corrected chi connectivity index (χ4v) is 3.02. The number of ether oxygens (including phenoxy) is 1. The van der Waals surface area contributed by atoms with Crippen molar-refractivity contribution < 1.29 is 9.13 Å². The number of nitrogens with two attached hydrogens (primary N) is 1. The number of rotatable bonds is 2. The molecule has 106 valence electrons. The molecule has 2 N–H and O–H groups in total. The number of hydrogen-bond acceptors (Lipinski definition) is 2. The molecule has 1 aliphatic rings. The smallest absolute Gasteiger partial charge is 0.123 e. The molecule has 21 heavy (non-hydrogen) atoms. The summed E-state index contributed by atoms with van der Waals surface area (Å²) >= 11 is 0. The lowest BCUT2D eigenvalue weighted by molar-refractivity contribution is 0.211. The van der Waals surface area contributed by atoms with Crippen LogP contribution < -0.4 is 10.5 Å². The number of nitrogen functional groups attached to an aromatic ring is 1. The number of fused-ring (bicyclic) bond motifs is 2. The van der Waals surface area contributed by atoms with E-state index in [-0.39, 0.29) is 11.9 Å². The van der Waals surface area contributed by atoms with Crippen molar-refractivity contribution in [1.82, 2.24) is 4.57 Å². The molecule has 0 fully saturated rings. The zero-order chi connectivity index (χ0) is 14.4. The highest BCUT2D eigenvalue weighted by Crippen LogP contribution is 2.31. The van der Waals surface area contributed by atoms with Crippen molar-refractivity contribution >= 4 is 16.6 Å². The lowest BCUT2D eigenvalue weighted by atomic mass is 10.1. The van der Waals surface area contributed by atoms with E-state index in [4.69, 9.17) is 10.5 Å². The molecule has 1 aliphatic heterocycles. The lowest BCUT2D eigenvalue weighted by Crippen LogP contribution is -2.20. The molecule has 0 bridgehead atoms. The fourth-order valence-electron chi connectivity index (χ4n) is 3.02. The van der Waals surface area contributed by atoms with Gasteiger partial charge in [0.15, 0.2) is 0 Å². The second-order valence-electron chi connectivity index (χ2n) is 5.44. The van der Waals surface area contributed by atoms with Crippen molar-refractivity contribution in [2.24, 2.45) is 0 Å². The number of benzene rings is 2. The van der Waals surface area contributed by atoms with Crippen LogP contribution in [0.3, 0.4) is 0 Å². The Labute approximate surface area is 121 Å². The molecule has 0 aliphatic carbocycles. The van der Waals surface area contributed by atoms with Gasteiger partial charge in [-0.15, -0.1) is 0 Å². The minimum Gasteiger partial charge on any atom is -0.488 e. The minimum atomic E-state index is -0.211. The van der Waals surface area contributed by atoms with Crippen molar-refractivity contribution in [3.05, 3.63) is 60.0 Å². The highest BCUT2D eigenvalue weighted by molar-refractivity contribution is 5.91. The number of aromatic nitrogens is 1. The van der Waals surface area contributed by atoms with Crippen molar-refractivity contribution in [2.75, 3.05) is 5.73 Å². The Balaban J connectivity index is 1.61. The third-order valence-electron chi connectivity index (χ3n) is 4.01. The Hall–Kier alpha value is -2.49. The molecule has 1 atom stereocenters. The number of halogens is 1. The Kier molecular flexibility index (Phi) is 2.64. The molecule has 4 heteroatoms. The standard InChI is InChI=1S/C17H15FN2O/c18-12-4-5-17-11(8-12)9-13(21-17)10-20-7-6-14-15(19)2-1-3-16(14)20/h1-8,13H,9-10,19H2. The third-order valence-corrected chi connectivity index (χ3v) is 4.01. The average molecular weight is 282 g/mol. The summed E-state index contributed by atoms with van der Waals surface area (Å²) < 4.78 is 21.3. The SMILES string of the molecule is Nc1cccc2c1ccn2CC1Cc2cc(F)ccc2O1. The van der Waals surface area contributed by atoms with Crippen LogP contribution in [0, 0.1) is 5.82 Å². The van der Waals surface area contributed by atoms with Gasteiger partial charge in [0.05, 0.1) is 12.1 Å². The van der Waals surface area contributed by atoms with E-state index in [9.17, 15) is 4.39 Å². The van der Waals surface area contributed by atoms with Crippen LogP contribution in [0.1, 0.15) is 5.56 Å². The maximum atomic E-state index is 13.2. The molecule has 0 spiro atoms. The van der Waals surface area contributed by atoms with Gasteiger partial charge in [0.1, 0.15) is 17.7 Å². The van der Waals surface area contributed by atoms with Gasteiger partial charge in [-0.1, -0.05) is 6.07 Å². The van der Waals surface area contributed by atoms with Crippen LogP contribution in [0.4, 0.5) is 10.1 Å². The normalized spacial score (nSPS) is 16.9. The van der Waals surface area contributed by atoms with Gasteiger partial charge in [-0.2, -0.15) is 0 Å². The molecular weight excluding hydrogens is 267 g/mol. The topological polar surface area (TPSA) is 40.2 Å². The summed E-state index contributed by atoms with van der Waals surface area (Å²) in [6, 6.07) is 12.6. The Morgan fingerprint density at radius 2 is 2.14 bits per heavy atom. The van der Waals surface area contributed by atoms with Crippen LogP contribution in [0.2, 0.25) is 0 Å². The van der Waals surface area contributed by atoms with E-state index in [1.54, 1.807) is 12.1 Å². The minimum absolute atomic E-state index is 0.0267. The monoisotopic (exact) mass is 282 g/mol. The number of hydrogen-bond donors (Lipinski definition) is 1. The molecule has 0 saturated heterocycles. The van der Waals surface area contributed by atoms with Gasteiger partial charge in [0, 0.05) is 29.3 Å². The summed E-state index contributed by atoms with van der Waals surface area (Å²) in [6.07, 6.45) is 2.78. The first-order chi connectivity index (χ1) is 10.2. The van der Waals surface area contributed by atoms with E-state index >= 15 is 0 Å². The molecule has 2 heterocycles. The van der Waals surface area contributed by atoms with Crippen molar-refractivity contribution in [2.45, 2.75) is 19.1 Å². The highest BCUT2D eigenvalue weighted by atomic mass is 19.1. The van der Waals surface area contributed by atoms with Crippen molar-refractivity contribution in [1.29, 1.82) is 0 Å². The molecule has 1 unspecified atom stereocenters. The summed E-state index contributed by atoms with van der Waals surface area (Å²) in [4.78, 5) is 0. The zero-order valence-electron chi connectivity index (χ0n) is 11.4. The first kappa shape index (κ1) is 12.3. The molecule has 1 aromatic heterocycles. The maximum Gasteiger partial charge on any atom is 0.123 e. The molecule has 4 rings (SSSR count). The molecule has 2 aromatic carbocycles. The fraction of sp³-hybridized carbons (Fsp3) is 0.176. The van der Waals surface area contributed by atoms with Gasteiger partial charge < -0.3 is 15.0 Å². The largest absolute Gasteiger partial charge is 0.488 e. The quantitative estimate of drug-likeness (QED) is 0.732. The van der Waals surface area contributed by atoms with Gasteiger partial charge in [-0.05, 0) is 36.4 Å². The number of anilines is 1. The number of nitrogens with zero attached hydrogens (tertiary/aromatic N) is 1. The van der Waals surface area contributed by atoms with E-state index in [0.717, 1.165) is 40.9 Å². The summed E-state index contributed by atoms with van der Waals surface area (Å²) in [5, 5.41) is 1.05. The predicted octanol–water partition coefficient (Wildman–Crippen LogP) is 3.37. The van der Waals surface area contributed by atoms with Gasteiger partial charge in [0.2, 0.25) is 0 Å². The van der Waals surface area contributed by atoms with Gasteiger partial charge >= 0.3 is 0 Å². The van der Waals surface area contributed by atoms with E-state index in [2.05, 4.69) is 4.57 Å². The van der Waals surface area contributed by atoms with Crippen molar-refractivity contribution in [3.8, 4) is 5.75 Å². The predicted molar refractivity (Wildman–Crippen MR) is 80.9 cm³/mol. The average Bonchev–Trinajstić information content (AvgIpc) is 3.04. The van der Waals surface area contributed by atoms with Gasteiger partial charge in [-0.3, -0.25) is 0 Å². The molecule has 3 aromatic rings. The van der Waals surface area contributed by atoms with Crippen LogP contribution in [0.5, 0.6) is 5.75 Å². The summed E-state index contributed by atoms with van der Waals surface area (Å²) in [7, 11) is 0. The second kappa shape index (κ2) is 4.52. The third kappa shape index (κ3) is 2.03. The van der Waals surface area contributed by atoms with Crippen LogP contribution >= 0.6 is 0 Å². The van der Waals surface area contributed by atoms with E-state index in [1.807, 2.05) is 30.5 Å². The first-order valence-electron chi connectivity index (χ1n) is 6.99. The molecule has 0 radical (unpaired) electrons. The van der Waals surface area contributed by atoms with Crippen LogP contribution in [0.15, 0.2) is 48.7 Å². The Morgan fingerprint density at radius 3 is 3.05 bits per heavy atom. The van der Waals surface area contributed by atoms with Gasteiger partial charge in [0.25, 0.3) is 0 Å². The molecule has 0 amide bonds. The van der Waals surface area contributed by atoms with E-state index < -0.39 is 0 Å². The summed E-state index contributed by atoms with van der Waals surface area (Å²) in [5.74, 6) is 0.578. The van der Waals surface area contributed by atoms with Crippen molar-refractivity contribution in [3.63, 3.8) is 0 Å². The molecular formula is C17H15FN2O. The first-order valence-corrected chi connectivity index (χ1v) is 6.99. The van der Waals surface area contributed by atoms with E-state index in [0.29, 0.717) is 0 Å². The maximum absolute atomic E-state index is 13.2. The Bertz CT molecular complexity index is 825. The summed E-state index contributed by atoms with van der Waals surface area (Å²) in [5.41, 5.74) is 8.80. The Morgan fingerprint density at radius 1 is 1.24 bits per heavy atom. The van der Waals surface area contributed by atoms with Crippen LogP contribution in [-0.4, -0.2) is 10.7 Å². The van der Waals surface area contributed by atoms with Crippen LogP contribution in [-0.2, 0) is 13.0 Å². The summed E-state index contributed by atoms with van der Waals surface area (Å²) in [6.45, 7) is 0.725. The molecule has 3 nitrogen and oxygen atoms in total. The lowest BCUT2D eigenvalue weighted by Gasteiger charge is -2.13.